The monoisotopic (exact) mass is 279 g/mol. The van der Waals surface area contributed by atoms with E-state index in [1.807, 2.05) is 0 Å². The zero-order valence-electron chi connectivity index (χ0n) is 10.0. The summed E-state index contributed by atoms with van der Waals surface area (Å²) >= 11 is 6.61. The molecule has 0 radical (unpaired) electrons. The van der Waals surface area contributed by atoms with Crippen molar-refractivity contribution in [1.82, 2.24) is 5.32 Å². The Labute approximate surface area is 115 Å². The number of nitriles is 1. The summed E-state index contributed by atoms with van der Waals surface area (Å²) in [6.45, 7) is 1.76. The summed E-state index contributed by atoms with van der Waals surface area (Å²) in [5.41, 5.74) is 1.83. The zero-order chi connectivity index (χ0) is 13.1. The first kappa shape index (κ1) is 13.0. The molecule has 0 saturated heterocycles. The fourth-order valence-electron chi connectivity index (χ4n) is 1.96. The predicted octanol–water partition coefficient (Wildman–Crippen LogP) is 2.33. The summed E-state index contributed by atoms with van der Waals surface area (Å²) in [6.07, 6.45) is 3.50. The van der Waals surface area contributed by atoms with Crippen LogP contribution in [0.2, 0.25) is 0 Å². The van der Waals surface area contributed by atoms with Gasteiger partial charge in [0.15, 0.2) is 5.11 Å². The summed E-state index contributed by atoms with van der Waals surface area (Å²) in [6, 6.07) is 2.22. The Morgan fingerprint density at radius 3 is 3.00 bits per heavy atom. The average molecular weight is 279 g/mol. The maximum absolute atomic E-state index is 11.2. The Morgan fingerprint density at radius 1 is 1.56 bits per heavy atom. The molecule has 1 aromatic rings. The molecule has 1 aromatic heterocycles. The maximum Gasteiger partial charge on any atom is 0.225 e. The first-order chi connectivity index (χ1) is 8.65. The fraction of sp³-hybridized carbons (Fsp3) is 0.417. The highest BCUT2D eigenvalue weighted by Crippen LogP contribution is 2.38. The number of nitrogens with zero attached hydrogens (tertiary/aromatic N) is 1. The van der Waals surface area contributed by atoms with Gasteiger partial charge in [-0.25, -0.2) is 0 Å². The minimum atomic E-state index is -0.130. The van der Waals surface area contributed by atoms with Crippen molar-refractivity contribution in [2.75, 3.05) is 5.32 Å². The Hall–Kier alpha value is -1.45. The van der Waals surface area contributed by atoms with Crippen LogP contribution in [0.15, 0.2) is 0 Å². The van der Waals surface area contributed by atoms with Gasteiger partial charge in [-0.1, -0.05) is 6.92 Å². The van der Waals surface area contributed by atoms with Crippen LogP contribution in [0, 0.1) is 11.3 Å². The van der Waals surface area contributed by atoms with Crippen LogP contribution < -0.4 is 10.6 Å². The first-order valence-corrected chi connectivity index (χ1v) is 7.03. The quantitative estimate of drug-likeness (QED) is 0.816. The number of amides is 1. The van der Waals surface area contributed by atoms with Crippen molar-refractivity contribution in [3.8, 4) is 6.07 Å². The summed E-state index contributed by atoms with van der Waals surface area (Å²) in [7, 11) is 0. The summed E-state index contributed by atoms with van der Waals surface area (Å²) in [4.78, 5) is 12.5. The van der Waals surface area contributed by atoms with Crippen LogP contribution in [0.25, 0.3) is 0 Å². The normalized spacial score (nSPS) is 12.7. The minimum Gasteiger partial charge on any atom is -0.323 e. The number of fused-ring (bicyclic) bond motifs is 1. The van der Waals surface area contributed by atoms with Gasteiger partial charge in [0.2, 0.25) is 5.91 Å². The summed E-state index contributed by atoms with van der Waals surface area (Å²) in [5.74, 6) is -0.130. The largest absolute Gasteiger partial charge is 0.323 e. The molecule has 0 atom stereocenters. The minimum absolute atomic E-state index is 0.130. The Morgan fingerprint density at radius 2 is 2.33 bits per heavy atom. The van der Waals surface area contributed by atoms with E-state index in [4.69, 9.17) is 12.2 Å². The van der Waals surface area contributed by atoms with E-state index in [0.29, 0.717) is 12.0 Å². The molecule has 0 spiro atoms. The smallest absolute Gasteiger partial charge is 0.225 e. The van der Waals surface area contributed by atoms with Gasteiger partial charge in [-0.05, 0) is 37.0 Å². The van der Waals surface area contributed by atoms with E-state index in [9.17, 15) is 10.1 Å². The van der Waals surface area contributed by atoms with Crippen molar-refractivity contribution in [2.24, 2.45) is 0 Å². The molecule has 2 N–H and O–H groups in total. The van der Waals surface area contributed by atoms with Crippen molar-refractivity contribution in [3.05, 3.63) is 16.0 Å². The van der Waals surface area contributed by atoms with E-state index in [2.05, 4.69) is 16.7 Å². The molecule has 0 saturated carbocycles. The van der Waals surface area contributed by atoms with E-state index in [1.54, 1.807) is 18.3 Å². The lowest BCUT2D eigenvalue weighted by atomic mass is 10.1. The third-order valence-electron chi connectivity index (χ3n) is 2.83. The molecule has 0 aromatic carbocycles. The highest BCUT2D eigenvalue weighted by atomic mass is 32.1. The van der Waals surface area contributed by atoms with Gasteiger partial charge in [-0.2, -0.15) is 5.26 Å². The van der Waals surface area contributed by atoms with Gasteiger partial charge in [0.1, 0.15) is 11.1 Å². The molecule has 6 heteroatoms. The third-order valence-corrected chi connectivity index (χ3v) is 4.25. The van der Waals surface area contributed by atoms with Crippen molar-refractivity contribution in [3.63, 3.8) is 0 Å². The van der Waals surface area contributed by atoms with E-state index < -0.39 is 0 Å². The molecular formula is C12H13N3OS2. The van der Waals surface area contributed by atoms with Crippen molar-refractivity contribution in [1.29, 1.82) is 5.26 Å². The standard InChI is InChI=1S/C12H13N3OS2/c1-2-10(16)14-12(17)15-11-8(6-13)7-4-3-5-9(7)18-11/h2-5H2,1H3,(H2,14,15,16,17). The van der Waals surface area contributed by atoms with Gasteiger partial charge >= 0.3 is 0 Å². The number of carbonyl (C=O) groups is 1. The number of thiocarbonyl (C=S) groups is 1. The van der Waals surface area contributed by atoms with Crippen molar-refractivity contribution in [2.45, 2.75) is 32.6 Å². The highest BCUT2D eigenvalue weighted by Gasteiger charge is 2.22. The molecule has 2 rings (SSSR count). The number of hydrogen-bond donors (Lipinski definition) is 2. The lowest BCUT2D eigenvalue weighted by Crippen LogP contribution is -2.33. The molecule has 0 fully saturated rings. The van der Waals surface area contributed by atoms with Crippen molar-refractivity contribution < 1.29 is 4.79 Å². The molecule has 1 heterocycles. The van der Waals surface area contributed by atoms with Gasteiger partial charge in [-0.3, -0.25) is 4.79 Å². The number of anilines is 1. The van der Waals surface area contributed by atoms with Crippen LogP contribution in [0.5, 0.6) is 0 Å². The van der Waals surface area contributed by atoms with Crippen LogP contribution in [-0.4, -0.2) is 11.0 Å². The predicted molar refractivity (Wildman–Crippen MR) is 75.7 cm³/mol. The Balaban J connectivity index is 2.13. The molecule has 18 heavy (non-hydrogen) atoms. The molecule has 4 nitrogen and oxygen atoms in total. The molecule has 1 aliphatic carbocycles. The van der Waals surface area contributed by atoms with E-state index in [0.717, 1.165) is 29.8 Å². The van der Waals surface area contributed by atoms with Gasteiger partial charge in [0, 0.05) is 11.3 Å². The van der Waals surface area contributed by atoms with Crippen LogP contribution in [0.4, 0.5) is 5.00 Å². The van der Waals surface area contributed by atoms with Gasteiger partial charge in [0.25, 0.3) is 0 Å². The molecular weight excluding hydrogens is 266 g/mol. The number of rotatable bonds is 2. The highest BCUT2D eigenvalue weighted by molar-refractivity contribution is 7.80. The number of hydrogen-bond acceptors (Lipinski definition) is 4. The summed E-state index contributed by atoms with van der Waals surface area (Å²) < 4.78 is 0. The lowest BCUT2D eigenvalue weighted by molar-refractivity contribution is -0.119. The van der Waals surface area contributed by atoms with Crippen LogP contribution in [0.1, 0.15) is 35.8 Å². The van der Waals surface area contributed by atoms with Crippen LogP contribution in [-0.2, 0) is 17.6 Å². The van der Waals surface area contributed by atoms with Crippen LogP contribution >= 0.6 is 23.6 Å². The Kier molecular flexibility index (Phi) is 3.94. The SMILES string of the molecule is CCC(=O)NC(=S)Nc1sc2c(c1C#N)CCC2. The van der Waals surface area contributed by atoms with Crippen molar-refractivity contribution >= 4 is 39.6 Å². The first-order valence-electron chi connectivity index (χ1n) is 5.81. The maximum atomic E-state index is 11.2. The summed E-state index contributed by atoms with van der Waals surface area (Å²) in [5, 5.41) is 15.7. The number of nitrogens with one attached hydrogen (secondary N) is 2. The fourth-order valence-corrected chi connectivity index (χ4v) is 3.48. The Bertz CT molecular complexity index is 542. The molecule has 94 valence electrons. The molecule has 1 amide bonds. The van der Waals surface area contributed by atoms with Gasteiger partial charge in [-0.15, -0.1) is 11.3 Å². The number of thiophene rings is 1. The lowest BCUT2D eigenvalue weighted by Gasteiger charge is -2.07. The second-order valence-corrected chi connectivity index (χ2v) is 5.54. The second-order valence-electron chi connectivity index (χ2n) is 4.03. The average Bonchev–Trinajstić information content (AvgIpc) is 2.88. The van der Waals surface area contributed by atoms with E-state index in [-0.39, 0.29) is 11.0 Å². The number of aryl methyl sites for hydroxylation is 1. The molecule has 0 unspecified atom stereocenters. The van der Waals surface area contributed by atoms with E-state index >= 15 is 0 Å². The molecule has 0 bridgehead atoms. The number of carbonyl (C=O) groups excluding carboxylic acids is 1. The third kappa shape index (κ3) is 2.52. The van der Waals surface area contributed by atoms with Gasteiger partial charge in [0.05, 0.1) is 5.56 Å². The van der Waals surface area contributed by atoms with E-state index in [1.165, 1.54) is 4.88 Å². The topological polar surface area (TPSA) is 64.9 Å². The van der Waals surface area contributed by atoms with Crippen LogP contribution in [0.3, 0.4) is 0 Å². The zero-order valence-corrected chi connectivity index (χ0v) is 11.6. The molecule has 1 aliphatic rings. The second kappa shape index (κ2) is 5.46. The molecule has 0 aliphatic heterocycles. The van der Waals surface area contributed by atoms with Gasteiger partial charge < -0.3 is 10.6 Å².